The van der Waals surface area contributed by atoms with E-state index in [0.717, 1.165) is 16.3 Å². The Morgan fingerprint density at radius 3 is 2.46 bits per heavy atom. The summed E-state index contributed by atoms with van der Waals surface area (Å²) < 4.78 is 10.2. The number of fused-ring (bicyclic) bond motifs is 3. The molecule has 0 spiro atoms. The van der Waals surface area contributed by atoms with Crippen LogP contribution in [0.25, 0.3) is 10.8 Å². The summed E-state index contributed by atoms with van der Waals surface area (Å²) in [7, 11) is 0. The minimum atomic E-state index is -0.582. The first kappa shape index (κ1) is 16.1. The minimum Gasteiger partial charge on any atom is -0.448 e. The molecule has 2 aromatic rings. The van der Waals surface area contributed by atoms with Crippen molar-refractivity contribution >= 4 is 28.6 Å². The molecular weight excluding hydrogens is 308 g/mol. The van der Waals surface area contributed by atoms with Crippen LogP contribution >= 0.6 is 0 Å². The molecule has 2 aromatic carbocycles. The lowest BCUT2D eigenvalue weighted by Crippen LogP contribution is -2.54. The van der Waals surface area contributed by atoms with E-state index in [1.165, 1.54) is 10.0 Å². The molecule has 0 aliphatic carbocycles. The molecular formula is C18H20N2O4. The number of hydrogen-bond donors (Lipinski definition) is 0. The van der Waals surface area contributed by atoms with Gasteiger partial charge < -0.3 is 9.47 Å². The Morgan fingerprint density at radius 2 is 1.71 bits per heavy atom. The van der Waals surface area contributed by atoms with Crippen molar-refractivity contribution in [1.29, 1.82) is 0 Å². The molecule has 3 rings (SSSR count). The average molecular weight is 328 g/mol. The molecule has 1 aliphatic rings. The van der Waals surface area contributed by atoms with Crippen LogP contribution in [0.3, 0.4) is 0 Å². The van der Waals surface area contributed by atoms with Crippen molar-refractivity contribution in [3.8, 4) is 0 Å². The summed E-state index contributed by atoms with van der Waals surface area (Å²) in [6.07, 6.45) is -0.489. The number of nitrogens with zero attached hydrogens (tertiary/aromatic N) is 2. The molecule has 2 amide bonds. The number of anilines is 1. The Balaban J connectivity index is 2.09. The average Bonchev–Trinajstić information content (AvgIpc) is 2.60. The fraction of sp³-hybridized carbons (Fsp3) is 0.333. The normalized spacial score (nSPS) is 13.6. The summed E-state index contributed by atoms with van der Waals surface area (Å²) in [6.45, 7) is 4.31. The quantitative estimate of drug-likeness (QED) is 0.843. The van der Waals surface area contributed by atoms with Crippen molar-refractivity contribution in [3.63, 3.8) is 0 Å². The van der Waals surface area contributed by atoms with Gasteiger partial charge in [0.05, 0.1) is 25.4 Å². The Hall–Kier alpha value is -2.76. The Morgan fingerprint density at radius 1 is 1.00 bits per heavy atom. The number of hydrazine groups is 1. The molecule has 0 saturated heterocycles. The van der Waals surface area contributed by atoms with Crippen LogP contribution in [-0.4, -0.2) is 37.0 Å². The van der Waals surface area contributed by atoms with E-state index in [-0.39, 0.29) is 13.2 Å². The first-order valence-electron chi connectivity index (χ1n) is 8.09. The number of rotatable bonds is 2. The molecule has 6 nitrogen and oxygen atoms in total. The summed E-state index contributed by atoms with van der Waals surface area (Å²) in [5.41, 5.74) is 1.69. The molecule has 1 heterocycles. The smallest absolute Gasteiger partial charge is 0.433 e. The van der Waals surface area contributed by atoms with Crippen LogP contribution in [0.1, 0.15) is 19.4 Å². The fourth-order valence-electron chi connectivity index (χ4n) is 2.99. The minimum absolute atomic E-state index is 0.231. The summed E-state index contributed by atoms with van der Waals surface area (Å²) in [6, 6.07) is 11.8. The van der Waals surface area contributed by atoms with Crippen LogP contribution in [0.4, 0.5) is 15.3 Å². The molecule has 0 N–H and O–H groups in total. The highest BCUT2D eigenvalue weighted by Gasteiger charge is 2.35. The molecule has 6 heteroatoms. The van der Waals surface area contributed by atoms with Gasteiger partial charge in [0.1, 0.15) is 0 Å². The second kappa shape index (κ2) is 6.78. The molecule has 0 unspecified atom stereocenters. The van der Waals surface area contributed by atoms with Gasteiger partial charge in [0, 0.05) is 0 Å². The third-order valence-electron chi connectivity index (χ3n) is 3.98. The van der Waals surface area contributed by atoms with Crippen molar-refractivity contribution in [3.05, 3.63) is 42.0 Å². The van der Waals surface area contributed by atoms with Gasteiger partial charge in [-0.05, 0) is 42.7 Å². The zero-order valence-corrected chi connectivity index (χ0v) is 13.8. The maximum atomic E-state index is 12.5. The molecule has 1 aliphatic heterocycles. The number of benzene rings is 2. The summed E-state index contributed by atoms with van der Waals surface area (Å²) in [4.78, 5) is 24.7. The number of carbonyl (C=O) groups excluding carboxylic acids is 2. The Kier molecular flexibility index (Phi) is 4.55. The zero-order chi connectivity index (χ0) is 17.1. The molecule has 0 aromatic heterocycles. The van der Waals surface area contributed by atoms with E-state index in [1.54, 1.807) is 13.8 Å². The van der Waals surface area contributed by atoms with Gasteiger partial charge in [-0.15, -0.1) is 0 Å². The van der Waals surface area contributed by atoms with Crippen LogP contribution in [-0.2, 0) is 15.9 Å². The maximum absolute atomic E-state index is 12.5. The van der Waals surface area contributed by atoms with Crippen molar-refractivity contribution in [2.24, 2.45) is 0 Å². The van der Waals surface area contributed by atoms with Crippen LogP contribution in [0, 0.1) is 0 Å². The lowest BCUT2D eigenvalue weighted by molar-refractivity contribution is 0.0903. The largest absolute Gasteiger partial charge is 0.448 e. The van der Waals surface area contributed by atoms with Crippen molar-refractivity contribution in [1.82, 2.24) is 5.01 Å². The molecule has 24 heavy (non-hydrogen) atoms. The molecule has 0 saturated carbocycles. The van der Waals surface area contributed by atoms with E-state index < -0.39 is 12.2 Å². The predicted molar refractivity (Wildman–Crippen MR) is 90.9 cm³/mol. The van der Waals surface area contributed by atoms with Crippen LogP contribution < -0.4 is 5.01 Å². The van der Waals surface area contributed by atoms with Gasteiger partial charge in [0.25, 0.3) is 0 Å². The van der Waals surface area contributed by atoms with Crippen molar-refractivity contribution in [2.75, 3.05) is 24.8 Å². The van der Waals surface area contributed by atoms with Gasteiger partial charge >= 0.3 is 12.2 Å². The maximum Gasteiger partial charge on any atom is 0.433 e. The standard InChI is InChI=1S/C18H20N2O4/c1-3-23-17(21)19-12-11-15-14-8-6-5-7-13(14)9-10-16(15)20(19)18(22)24-4-2/h5-10H,3-4,11-12H2,1-2H3. The Labute approximate surface area is 140 Å². The monoisotopic (exact) mass is 328 g/mol. The lowest BCUT2D eigenvalue weighted by Gasteiger charge is -2.38. The first-order chi connectivity index (χ1) is 11.7. The third-order valence-corrected chi connectivity index (χ3v) is 3.98. The fourth-order valence-corrected chi connectivity index (χ4v) is 2.99. The van der Waals surface area contributed by atoms with E-state index in [9.17, 15) is 9.59 Å². The van der Waals surface area contributed by atoms with E-state index in [0.29, 0.717) is 18.7 Å². The predicted octanol–water partition coefficient (Wildman–Crippen LogP) is 3.73. The molecule has 126 valence electrons. The topological polar surface area (TPSA) is 59.1 Å². The summed E-state index contributed by atoms with van der Waals surface area (Å²) in [5.74, 6) is 0. The van der Waals surface area contributed by atoms with E-state index >= 15 is 0 Å². The third kappa shape index (κ3) is 2.75. The first-order valence-corrected chi connectivity index (χ1v) is 8.09. The van der Waals surface area contributed by atoms with E-state index in [2.05, 4.69) is 0 Å². The number of carbonyl (C=O) groups is 2. The number of hydrogen-bond acceptors (Lipinski definition) is 4. The Bertz CT molecular complexity index is 775. The SMILES string of the molecule is CCOC(=O)N1CCc2c(ccc3ccccc23)N1C(=O)OCC. The lowest BCUT2D eigenvalue weighted by atomic mass is 9.98. The van der Waals surface area contributed by atoms with Gasteiger partial charge in [0.15, 0.2) is 0 Å². The number of amides is 2. The summed E-state index contributed by atoms with van der Waals surface area (Å²) >= 11 is 0. The zero-order valence-electron chi connectivity index (χ0n) is 13.8. The summed E-state index contributed by atoms with van der Waals surface area (Å²) in [5, 5.41) is 4.77. The van der Waals surface area contributed by atoms with Gasteiger partial charge in [-0.2, -0.15) is 5.01 Å². The van der Waals surface area contributed by atoms with Crippen LogP contribution in [0.15, 0.2) is 36.4 Å². The van der Waals surface area contributed by atoms with Crippen molar-refractivity contribution in [2.45, 2.75) is 20.3 Å². The highest BCUT2D eigenvalue weighted by molar-refractivity contribution is 5.98. The molecule has 0 bridgehead atoms. The molecule has 0 atom stereocenters. The second-order valence-electron chi connectivity index (χ2n) is 5.37. The van der Waals surface area contributed by atoms with Crippen LogP contribution in [0.2, 0.25) is 0 Å². The van der Waals surface area contributed by atoms with Crippen molar-refractivity contribution < 1.29 is 19.1 Å². The molecule has 0 radical (unpaired) electrons. The van der Waals surface area contributed by atoms with Gasteiger partial charge in [-0.1, -0.05) is 30.3 Å². The molecule has 0 fully saturated rings. The van der Waals surface area contributed by atoms with Gasteiger partial charge in [-0.3, -0.25) is 0 Å². The van der Waals surface area contributed by atoms with E-state index in [4.69, 9.17) is 9.47 Å². The van der Waals surface area contributed by atoms with Gasteiger partial charge in [0.2, 0.25) is 0 Å². The van der Waals surface area contributed by atoms with Crippen LogP contribution in [0.5, 0.6) is 0 Å². The number of ether oxygens (including phenoxy) is 2. The van der Waals surface area contributed by atoms with Gasteiger partial charge in [-0.25, -0.2) is 14.6 Å². The highest BCUT2D eigenvalue weighted by Crippen LogP contribution is 2.34. The second-order valence-corrected chi connectivity index (χ2v) is 5.37. The van der Waals surface area contributed by atoms with E-state index in [1.807, 2.05) is 36.4 Å². The highest BCUT2D eigenvalue weighted by atomic mass is 16.6.